The molecule has 0 aromatic heterocycles. The van der Waals surface area contributed by atoms with Crippen LogP contribution in [0, 0.1) is 0 Å². The first-order valence-electron chi connectivity index (χ1n) is 43.4. The molecule has 10 fully saturated rings. The summed E-state index contributed by atoms with van der Waals surface area (Å²) < 4.78 is 111. The summed E-state index contributed by atoms with van der Waals surface area (Å²) in [6, 6.07) is -9.48. The van der Waals surface area contributed by atoms with Gasteiger partial charge in [-0.15, -0.1) is 0 Å². The number of amides is 5. The van der Waals surface area contributed by atoms with Gasteiger partial charge in [0.15, 0.2) is 50.3 Å². The molecule has 10 heterocycles. The van der Waals surface area contributed by atoms with Gasteiger partial charge in [0.25, 0.3) is 0 Å². The second kappa shape index (κ2) is 52.7. The van der Waals surface area contributed by atoms with Gasteiger partial charge >= 0.3 is 59.1 Å². The molecular formula is C76H123N5Na2O57. The van der Waals surface area contributed by atoms with Gasteiger partial charge in [-0.25, -0.2) is 0 Å². The summed E-state index contributed by atoms with van der Waals surface area (Å²) in [7, 11) is 0. The molecule has 0 bridgehead atoms. The summed E-state index contributed by atoms with van der Waals surface area (Å²) in [5.41, 5.74) is 0. The van der Waals surface area contributed by atoms with Crippen LogP contribution >= 0.6 is 0 Å². The molecule has 0 spiro atoms. The summed E-state index contributed by atoms with van der Waals surface area (Å²) in [5, 5.41) is 362. The number of carbonyl (C=O) groups excluding carboxylic acids is 7. The minimum absolute atomic E-state index is 0. The monoisotopic (exact) mass is 2060 g/mol. The van der Waals surface area contributed by atoms with Crippen LogP contribution < -0.4 is 95.9 Å². The number of ether oxygens (including phenoxy) is 19. The molecule has 140 heavy (non-hydrogen) atoms. The van der Waals surface area contributed by atoms with Crippen molar-refractivity contribution in [1.82, 2.24) is 26.6 Å². The second-order valence-electron chi connectivity index (χ2n) is 34.6. The minimum atomic E-state index is -3.22. The van der Waals surface area contributed by atoms with Crippen LogP contribution in [-0.4, -0.2) is 574 Å². The van der Waals surface area contributed by atoms with Crippen LogP contribution in [0.2, 0.25) is 0 Å². The molecule has 796 valence electrons. The third-order valence-electron chi connectivity index (χ3n) is 24.8. The van der Waals surface area contributed by atoms with Gasteiger partial charge in [0.2, 0.25) is 41.1 Å². The van der Waals surface area contributed by atoms with Crippen molar-refractivity contribution in [1.29, 1.82) is 0 Å². The average molecular weight is 2060 g/mol. The van der Waals surface area contributed by atoms with Crippen LogP contribution in [0.5, 0.6) is 0 Å². The Morgan fingerprint density at radius 3 is 0.943 bits per heavy atom. The van der Waals surface area contributed by atoms with Crippen molar-refractivity contribution in [3.8, 4) is 0 Å². The fourth-order valence-electron chi connectivity index (χ4n) is 17.5. The maximum atomic E-state index is 13.2. The summed E-state index contributed by atoms with van der Waals surface area (Å²) in [4.78, 5) is 88.9. The van der Waals surface area contributed by atoms with Crippen LogP contribution in [0.1, 0.15) is 47.5 Å². The molecule has 10 aliphatic heterocycles. The first-order valence-corrected chi connectivity index (χ1v) is 43.4. The maximum absolute atomic E-state index is 13.2. The summed E-state index contributed by atoms with van der Waals surface area (Å²) in [6.45, 7) is -7.84. The van der Waals surface area contributed by atoms with E-state index in [0.717, 1.165) is 34.6 Å². The SMILES string of the molecule is CC(=O)NC1C(O)[C@H](O[C@@H]2OC(CO[C@H]3OC(CO)[C@@H](O)[C@H](O)C3O[C@@H]3OC(CO)[C@@H](O[C@@H]4OC(CO[C@]5(C(=O)[O-])C[C@@H](O)[C@@H](NC(C)=O)C([C@H](O)[C@H](O)CO)O5)[C@H](O)[C@H](O)C4O)[C@H](O)C3NC(C)=O)[C@@H](O)[C@H](O[C@H]3OC(CO)[C@@H](O)C(O)C3O[C@@H]3OC(CO)[C@@H](O[C@@H]4OC(CO[C@]5(C(=O)[O-])C[C@@H](O)[C@@H](NC(C)=O)C([C@H](O)[C@H](O)CO)O5)[C@H](O)[C@H](O)C4O)[C@H](O)C3NC(C)=O)C2O)C(CO)O[C@H]1O.[Na+].[Na+]. The first kappa shape index (κ1) is 122. The van der Waals surface area contributed by atoms with E-state index in [0.29, 0.717) is 0 Å². The van der Waals surface area contributed by atoms with Crippen molar-refractivity contribution in [2.75, 3.05) is 66.1 Å². The van der Waals surface area contributed by atoms with Crippen LogP contribution in [0.25, 0.3) is 0 Å². The number of hydrogen-bond acceptors (Lipinski definition) is 57. The third-order valence-corrected chi connectivity index (χ3v) is 24.8. The molecule has 62 nitrogen and oxygen atoms in total. The van der Waals surface area contributed by atoms with E-state index in [9.17, 15) is 192 Å². The molecule has 0 aliphatic carbocycles. The molecule has 52 atom stereocenters. The van der Waals surface area contributed by atoms with Crippen molar-refractivity contribution in [2.45, 2.75) is 365 Å². The summed E-state index contributed by atoms with van der Waals surface area (Å²) >= 11 is 0. The minimum Gasteiger partial charge on any atom is -0.544 e. The molecule has 64 heteroatoms. The van der Waals surface area contributed by atoms with E-state index in [-0.39, 0.29) is 59.1 Å². The quantitative estimate of drug-likeness (QED) is 0.0254. The van der Waals surface area contributed by atoms with Crippen molar-refractivity contribution in [3.63, 3.8) is 0 Å². The fraction of sp³-hybridized carbons (Fsp3) is 0.908. The van der Waals surface area contributed by atoms with E-state index in [1.54, 1.807) is 0 Å². The van der Waals surface area contributed by atoms with Crippen molar-refractivity contribution < 1.29 is 341 Å². The summed E-state index contributed by atoms with van der Waals surface area (Å²) in [6.07, 6.45) is -104. The van der Waals surface area contributed by atoms with Gasteiger partial charge in [-0.2, -0.15) is 0 Å². The number of carboxylic acids is 2. The Morgan fingerprint density at radius 2 is 0.593 bits per heavy atom. The Balaban J connectivity index is 0.0000120. The standard InChI is InChI=1S/C76H125N5O57.2Na/c1-18(89)77-35-23(94)6-75(73(116)117,137-60(35)40(98)25(96)8-82)121-16-33-44(102)50(108)54(112)68(129-33)131-58-30(13-87)126-66(38(48(58)106)80-21(4)92)135-63-52(110)42(100)27(10-84)124-71(63)120-15-32-46(104)62(56(114)70(128-32)133-57-29(12-86)123-65(115)37(47(57)105)79-20(3)91)134-72-64(53(111)43(101)28(11-85)125-72)136-67-39(81-22(5)93)49(107)59(31(14-88)127-67)132-69-55(113)51(109)45(103)34(130-69)17-122-76(74(118)119)7-24(95)36(78-19(2)90)61(138-76)41(99)26(97)9-83;;/h23-72,82-88,94-115H,6-17H2,1-5H3,(H,77,89)(H,78,90)(H,79,91)(H,80,92)(H,81,93)(H,116,117)(H,118,119);;/q;2*+1/p-2/t23-,24-,25-,26-,27?,28?,29?,30?,31?,32?,33?,34?,35-,36-,37?,38?,39?,40-,41-,42-,43-,44+,45+,46-,47?,48-,49-,50+,51+,52+,53?,54?,55?,56?,57-,58-,59-,60?,61?,62+,63?,64?,65-,66+,67+,68+,69+,70+,71+,72-,75-,76-;;/m1../s1. The molecule has 10 rings (SSSR count). The zero-order valence-corrected chi connectivity index (χ0v) is 79.8. The van der Waals surface area contributed by atoms with Gasteiger partial charge in [0.1, 0.15) is 244 Å². The van der Waals surface area contributed by atoms with E-state index in [1.165, 1.54) is 0 Å². The normalized spacial score (nSPS) is 45.5. The maximum Gasteiger partial charge on any atom is 1.00 e. The smallest absolute Gasteiger partial charge is 0.544 e. The largest absolute Gasteiger partial charge is 1.00 e. The Hall–Kier alpha value is -3.63. The van der Waals surface area contributed by atoms with Gasteiger partial charge in [0, 0.05) is 47.5 Å². The van der Waals surface area contributed by atoms with Gasteiger partial charge in [-0.1, -0.05) is 0 Å². The molecule has 5 amide bonds. The molecule has 20 unspecified atom stereocenters. The van der Waals surface area contributed by atoms with E-state index < -0.39 is 438 Å². The van der Waals surface area contributed by atoms with Crippen molar-refractivity contribution in [3.05, 3.63) is 0 Å². The van der Waals surface area contributed by atoms with Crippen molar-refractivity contribution in [2.24, 2.45) is 0 Å². The number of hydrogen-bond donors (Lipinski definition) is 34. The van der Waals surface area contributed by atoms with Gasteiger partial charge < -0.3 is 284 Å². The number of nitrogens with one attached hydrogen (secondary N) is 5. The zero-order chi connectivity index (χ0) is 102. The molecule has 0 aromatic carbocycles. The number of carboxylic acid groups (broad SMARTS) is 2. The van der Waals surface area contributed by atoms with Crippen molar-refractivity contribution >= 4 is 41.5 Å². The number of aliphatic carboxylic acids is 2. The Bertz CT molecular complexity index is 3940. The van der Waals surface area contributed by atoms with Crippen LogP contribution in [0.4, 0.5) is 0 Å². The van der Waals surface area contributed by atoms with Crippen LogP contribution in [0.15, 0.2) is 0 Å². The predicted molar refractivity (Wildman–Crippen MR) is 417 cm³/mol. The second-order valence-corrected chi connectivity index (χ2v) is 34.6. The Kier molecular flexibility index (Phi) is 45.8. The van der Waals surface area contributed by atoms with E-state index in [1.807, 2.05) is 0 Å². The first-order chi connectivity index (χ1) is 64.9. The molecular weight excluding hydrogens is 1940 g/mol. The van der Waals surface area contributed by atoms with Gasteiger partial charge in [-0.05, 0) is 0 Å². The van der Waals surface area contributed by atoms with E-state index in [2.05, 4.69) is 26.6 Å². The van der Waals surface area contributed by atoms with Gasteiger partial charge in [-0.3, -0.25) is 24.0 Å². The molecule has 0 radical (unpaired) electrons. The van der Waals surface area contributed by atoms with E-state index >= 15 is 0 Å². The number of aliphatic hydroxyl groups excluding tert-OH is 29. The van der Waals surface area contributed by atoms with Crippen LogP contribution in [0.3, 0.4) is 0 Å². The summed E-state index contributed by atoms with van der Waals surface area (Å²) in [5.74, 6) is -15.8. The molecule has 0 aromatic rings. The number of carbonyl (C=O) groups is 7. The number of rotatable bonds is 39. The van der Waals surface area contributed by atoms with Crippen LogP contribution in [-0.2, 0) is 124 Å². The Morgan fingerprint density at radius 1 is 0.307 bits per heavy atom. The third kappa shape index (κ3) is 27.4. The Labute approximate surface area is 836 Å². The van der Waals surface area contributed by atoms with E-state index in [4.69, 9.17) is 90.0 Å². The molecule has 0 saturated carbocycles. The van der Waals surface area contributed by atoms with Gasteiger partial charge in [0.05, 0.1) is 90.4 Å². The topological polar surface area (TPSA) is 988 Å². The molecule has 34 N–H and O–H groups in total. The average Bonchev–Trinajstić information content (AvgIpc) is 0.776. The fourth-order valence-corrected chi connectivity index (χ4v) is 17.5. The molecule has 10 saturated heterocycles. The zero-order valence-electron chi connectivity index (χ0n) is 75.8. The molecule has 10 aliphatic rings. The predicted octanol–water partition coefficient (Wildman–Crippen LogP) is -32.3. The number of aliphatic hydroxyl groups is 29.